The number of likely N-dealkylation sites (tertiary alicyclic amines) is 1. The van der Waals surface area contributed by atoms with E-state index in [-0.39, 0.29) is 30.4 Å². The highest BCUT2D eigenvalue weighted by Crippen LogP contribution is 2.36. The van der Waals surface area contributed by atoms with Crippen LogP contribution in [0.25, 0.3) is 0 Å². The first-order valence-corrected chi connectivity index (χ1v) is 13.1. The van der Waals surface area contributed by atoms with Crippen LogP contribution in [0.15, 0.2) is 66.0 Å². The zero-order valence-electron chi connectivity index (χ0n) is 21.4. The van der Waals surface area contributed by atoms with E-state index in [2.05, 4.69) is 10.6 Å². The fraction of sp³-hybridized carbons (Fsp3) is 0.259. The first-order valence-electron chi connectivity index (χ1n) is 12.2. The molecular formula is C27H27ClF3N5O4S. The number of carbonyl (C=O) groups is 3. The lowest BCUT2D eigenvalue weighted by Crippen LogP contribution is -2.48. The van der Waals surface area contributed by atoms with E-state index in [0.717, 1.165) is 4.90 Å². The van der Waals surface area contributed by atoms with E-state index in [0.29, 0.717) is 21.9 Å². The minimum atomic E-state index is -4.59. The molecule has 3 amide bonds. The summed E-state index contributed by atoms with van der Waals surface area (Å²) in [5.74, 6) is -3.06. The second-order valence-electron chi connectivity index (χ2n) is 9.09. The molecule has 3 aromatic rings. The number of nitrogens with zero attached hydrogens (tertiary/aromatic N) is 1. The van der Waals surface area contributed by atoms with Gasteiger partial charge in [0, 0.05) is 27.9 Å². The maximum atomic E-state index is 13.5. The van der Waals surface area contributed by atoms with Crippen molar-refractivity contribution in [2.45, 2.75) is 25.2 Å². The number of benzene rings is 2. The van der Waals surface area contributed by atoms with E-state index in [1.807, 2.05) is 18.2 Å². The number of amides is 3. The number of hydrogen-bond acceptors (Lipinski definition) is 6. The fourth-order valence-electron chi connectivity index (χ4n) is 4.16. The molecule has 1 aliphatic rings. The first kappa shape index (κ1) is 31.4. The molecule has 0 bridgehead atoms. The Bertz CT molecular complexity index is 1390. The van der Waals surface area contributed by atoms with Crippen LogP contribution in [0.5, 0.6) is 11.5 Å². The smallest absolute Gasteiger partial charge is 0.393 e. The van der Waals surface area contributed by atoms with E-state index in [1.54, 1.807) is 35.7 Å². The second kappa shape index (κ2) is 13.5. The highest BCUT2D eigenvalue weighted by molar-refractivity contribution is 7.10. The molecule has 218 valence electrons. The highest BCUT2D eigenvalue weighted by atomic mass is 35.5. The van der Waals surface area contributed by atoms with Gasteiger partial charge in [0.05, 0.1) is 19.0 Å². The van der Waals surface area contributed by atoms with Crippen LogP contribution >= 0.6 is 23.7 Å². The zero-order valence-corrected chi connectivity index (χ0v) is 23.1. The number of nitrogens with two attached hydrogens (primary N) is 1. The lowest BCUT2D eigenvalue weighted by atomic mass is 10.0. The number of carbonyl (C=O) groups excluding carboxylic acids is 3. The maximum absolute atomic E-state index is 13.5. The van der Waals surface area contributed by atoms with E-state index in [4.69, 9.17) is 15.9 Å². The van der Waals surface area contributed by atoms with Gasteiger partial charge < -0.3 is 26.0 Å². The number of nitrogens with one attached hydrogen (secondary N) is 3. The number of alkyl halides is 3. The summed E-state index contributed by atoms with van der Waals surface area (Å²) in [6, 6.07) is 15.4. The Morgan fingerprint density at radius 1 is 1.02 bits per heavy atom. The second-order valence-corrected chi connectivity index (χ2v) is 10.1. The molecule has 1 saturated heterocycles. The van der Waals surface area contributed by atoms with Crippen molar-refractivity contribution < 1.29 is 32.3 Å². The van der Waals surface area contributed by atoms with Crippen molar-refractivity contribution in [3.8, 4) is 11.5 Å². The van der Waals surface area contributed by atoms with Crippen LogP contribution in [-0.2, 0) is 16.1 Å². The Labute approximate surface area is 243 Å². The number of rotatable bonds is 9. The number of nitrogen functional groups attached to an aromatic ring is 1. The van der Waals surface area contributed by atoms with Crippen molar-refractivity contribution in [1.29, 1.82) is 5.41 Å². The minimum Gasteiger partial charge on any atom is -0.457 e. The number of hydrogen-bond donors (Lipinski definition) is 4. The Kier molecular flexibility index (Phi) is 10.4. The molecule has 9 nitrogen and oxygen atoms in total. The van der Waals surface area contributed by atoms with Gasteiger partial charge in [0.2, 0.25) is 11.8 Å². The predicted octanol–water partition coefficient (Wildman–Crippen LogP) is 4.07. The summed E-state index contributed by atoms with van der Waals surface area (Å²) in [6.07, 6.45) is -5.18. The molecule has 1 aliphatic heterocycles. The molecule has 2 atom stereocenters. The van der Waals surface area contributed by atoms with Crippen LogP contribution < -0.4 is 21.1 Å². The third kappa shape index (κ3) is 8.21. The Hall–Kier alpha value is -4.10. The van der Waals surface area contributed by atoms with E-state index < -0.39 is 55.4 Å². The lowest BCUT2D eigenvalue weighted by molar-refractivity contribution is -0.171. The van der Waals surface area contributed by atoms with Crippen LogP contribution in [0.2, 0.25) is 0 Å². The number of ether oxygens (including phenoxy) is 1. The van der Waals surface area contributed by atoms with Crippen LogP contribution in [-0.4, -0.2) is 53.8 Å². The van der Waals surface area contributed by atoms with Crippen molar-refractivity contribution in [1.82, 2.24) is 15.5 Å². The molecular weight excluding hydrogens is 583 g/mol. The molecule has 0 aliphatic carbocycles. The van der Waals surface area contributed by atoms with Gasteiger partial charge in [-0.25, -0.2) is 0 Å². The van der Waals surface area contributed by atoms with Gasteiger partial charge in [-0.2, -0.15) is 13.2 Å². The molecule has 4 rings (SSSR count). The number of amidine groups is 1. The fourth-order valence-corrected chi connectivity index (χ4v) is 4.99. The van der Waals surface area contributed by atoms with Crippen molar-refractivity contribution in [2.24, 2.45) is 11.7 Å². The average Bonchev–Trinajstić information content (AvgIpc) is 3.59. The molecule has 5 N–H and O–H groups in total. The molecule has 41 heavy (non-hydrogen) atoms. The molecule has 0 unspecified atom stereocenters. The number of thiophene rings is 1. The molecule has 2 heterocycles. The molecule has 1 aromatic heterocycles. The molecule has 0 spiro atoms. The van der Waals surface area contributed by atoms with Crippen molar-refractivity contribution >= 4 is 47.3 Å². The molecule has 0 radical (unpaired) electrons. The van der Waals surface area contributed by atoms with Gasteiger partial charge in [0.25, 0.3) is 5.91 Å². The topological polar surface area (TPSA) is 138 Å². The van der Waals surface area contributed by atoms with Gasteiger partial charge in [-0.15, -0.1) is 23.7 Å². The van der Waals surface area contributed by atoms with Crippen molar-refractivity contribution in [3.05, 3.63) is 82.0 Å². The van der Waals surface area contributed by atoms with Gasteiger partial charge in [-0.1, -0.05) is 18.2 Å². The van der Waals surface area contributed by atoms with Gasteiger partial charge in [-0.05, 0) is 48.9 Å². The summed E-state index contributed by atoms with van der Waals surface area (Å²) >= 11 is 1.23. The largest absolute Gasteiger partial charge is 0.457 e. The predicted molar refractivity (Wildman–Crippen MR) is 149 cm³/mol. The van der Waals surface area contributed by atoms with Crippen LogP contribution in [0.3, 0.4) is 0 Å². The maximum Gasteiger partial charge on any atom is 0.393 e. The van der Waals surface area contributed by atoms with E-state index >= 15 is 0 Å². The van der Waals surface area contributed by atoms with Crippen LogP contribution in [0.4, 0.5) is 13.2 Å². The monoisotopic (exact) mass is 609 g/mol. The van der Waals surface area contributed by atoms with Gasteiger partial charge in [0.1, 0.15) is 23.4 Å². The average molecular weight is 610 g/mol. The Morgan fingerprint density at radius 2 is 1.68 bits per heavy atom. The summed E-state index contributed by atoms with van der Waals surface area (Å²) in [6.45, 7) is -1.26. The van der Waals surface area contributed by atoms with Crippen LogP contribution in [0, 0.1) is 11.3 Å². The summed E-state index contributed by atoms with van der Waals surface area (Å²) in [4.78, 5) is 39.8. The number of para-hydroxylation sites is 1. The summed E-state index contributed by atoms with van der Waals surface area (Å²) in [7, 11) is 0. The zero-order chi connectivity index (χ0) is 28.9. The van der Waals surface area contributed by atoms with Crippen LogP contribution in [0.1, 0.15) is 27.2 Å². The van der Waals surface area contributed by atoms with E-state index in [1.165, 1.54) is 23.5 Å². The minimum absolute atomic E-state index is 0. The molecule has 0 saturated carbocycles. The Balaban J connectivity index is 0.00000462. The number of halogens is 4. The first-order chi connectivity index (χ1) is 19.0. The molecule has 14 heteroatoms. The Morgan fingerprint density at radius 3 is 2.29 bits per heavy atom. The molecule has 1 fully saturated rings. The summed E-state index contributed by atoms with van der Waals surface area (Å²) < 4.78 is 46.1. The highest BCUT2D eigenvalue weighted by Gasteiger charge is 2.50. The summed E-state index contributed by atoms with van der Waals surface area (Å²) in [5, 5.41) is 14.0. The third-order valence-corrected chi connectivity index (χ3v) is 7.22. The van der Waals surface area contributed by atoms with Crippen molar-refractivity contribution in [2.75, 3.05) is 13.1 Å². The SMILES string of the molecule is Cl.N=C(N)c1csc(CNC(=O)[C@@H]2C[C@H](C(F)(F)F)CN2C(=O)CNC(=O)c2ccc(Oc3ccccc3)cc2)c1. The normalized spacial score (nSPS) is 16.4. The van der Waals surface area contributed by atoms with Gasteiger partial charge in [0.15, 0.2) is 0 Å². The molecule has 2 aromatic carbocycles. The standard InChI is InChI=1S/C27H26F3N5O4S.ClH/c28-27(29,30)18-11-22(26(38)33-12-21-10-17(15-40-21)24(31)32)35(14-18)23(36)13-34-25(37)16-6-8-20(9-7-16)39-19-4-2-1-3-5-19;/h1-10,15,18,22H,11-14H2,(H3,31,32)(H,33,38)(H,34,37);1H/t18-,22-;/m0./s1. The quantitative estimate of drug-likeness (QED) is 0.214. The van der Waals surface area contributed by atoms with E-state index in [9.17, 15) is 27.6 Å². The van der Waals surface area contributed by atoms with Gasteiger partial charge in [-0.3, -0.25) is 19.8 Å². The van der Waals surface area contributed by atoms with Gasteiger partial charge >= 0.3 is 6.18 Å². The summed E-state index contributed by atoms with van der Waals surface area (Å²) in [5.41, 5.74) is 6.12. The van der Waals surface area contributed by atoms with Crippen molar-refractivity contribution in [3.63, 3.8) is 0 Å². The lowest BCUT2D eigenvalue weighted by Gasteiger charge is -2.24. The third-order valence-electron chi connectivity index (χ3n) is 6.28.